The van der Waals surface area contributed by atoms with Crippen molar-refractivity contribution < 1.29 is 8.42 Å². The van der Waals surface area contributed by atoms with Gasteiger partial charge < -0.3 is 0 Å². The lowest BCUT2D eigenvalue weighted by atomic mass is 10.2. The van der Waals surface area contributed by atoms with Crippen molar-refractivity contribution >= 4 is 33.4 Å². The Labute approximate surface area is 128 Å². The number of sulfonamides is 1. The smallest absolute Gasteiger partial charge is 0.207 e. The highest BCUT2D eigenvalue weighted by atomic mass is 35.5. The number of nitrogens with zero attached hydrogens (tertiary/aromatic N) is 2. The molecule has 0 saturated carbocycles. The molecule has 0 aromatic heterocycles. The molecule has 0 radical (unpaired) electrons. The van der Waals surface area contributed by atoms with E-state index in [0.29, 0.717) is 13.1 Å². The maximum atomic E-state index is 12.6. The topological polar surface area (TPSA) is 61.2 Å². The first-order chi connectivity index (χ1) is 9.26. The molecule has 1 heterocycles. The number of halogens is 1. The maximum absolute atomic E-state index is 12.6. The number of thioether (sulfide) groups is 1. The van der Waals surface area contributed by atoms with Crippen molar-refractivity contribution in [3.05, 3.63) is 28.8 Å². The van der Waals surface area contributed by atoms with Crippen LogP contribution in [0.15, 0.2) is 23.1 Å². The normalized spacial score (nSPS) is 19.5. The molecule has 4 nitrogen and oxygen atoms in total. The molecule has 0 unspecified atom stereocenters. The minimum atomic E-state index is -3.55. The zero-order chi connectivity index (χ0) is 15.0. The largest absolute Gasteiger partial charge is 0.243 e. The van der Waals surface area contributed by atoms with Gasteiger partial charge in [-0.2, -0.15) is 21.3 Å². The lowest BCUT2D eigenvalue weighted by Gasteiger charge is -2.36. The van der Waals surface area contributed by atoms with E-state index in [2.05, 4.69) is 0 Å². The average Bonchev–Trinajstić information content (AvgIpc) is 2.37. The van der Waals surface area contributed by atoms with E-state index in [1.807, 2.05) is 19.9 Å². The number of hydrogen-bond donors (Lipinski definition) is 0. The molecule has 0 aliphatic carbocycles. The van der Waals surface area contributed by atoms with Crippen LogP contribution in [0.4, 0.5) is 0 Å². The fourth-order valence-electron chi connectivity index (χ4n) is 2.07. The summed E-state index contributed by atoms with van der Waals surface area (Å²) >= 11 is 7.69. The van der Waals surface area contributed by atoms with Crippen LogP contribution in [0.25, 0.3) is 0 Å². The van der Waals surface area contributed by atoms with E-state index in [1.165, 1.54) is 22.5 Å². The fourth-order valence-corrected chi connectivity index (χ4v) is 5.30. The van der Waals surface area contributed by atoms with Crippen LogP contribution in [0.5, 0.6) is 0 Å². The summed E-state index contributed by atoms with van der Waals surface area (Å²) in [5, 5.41) is 9.00. The van der Waals surface area contributed by atoms with E-state index < -0.39 is 10.0 Å². The summed E-state index contributed by atoms with van der Waals surface area (Å²) in [7, 11) is -3.55. The van der Waals surface area contributed by atoms with Crippen molar-refractivity contribution in [1.82, 2.24) is 4.31 Å². The Kier molecular flexibility index (Phi) is 4.35. The molecule has 0 bridgehead atoms. The Morgan fingerprint density at radius 2 is 2.15 bits per heavy atom. The van der Waals surface area contributed by atoms with Crippen LogP contribution >= 0.6 is 23.4 Å². The molecule has 1 saturated heterocycles. The van der Waals surface area contributed by atoms with Gasteiger partial charge in [-0.15, -0.1) is 0 Å². The second-order valence-corrected chi connectivity index (χ2v) is 9.35. The molecule has 108 valence electrons. The van der Waals surface area contributed by atoms with Gasteiger partial charge >= 0.3 is 0 Å². The molecule has 1 fully saturated rings. The Morgan fingerprint density at radius 3 is 2.70 bits per heavy atom. The SMILES string of the molecule is CC1(C)CN(S(=O)(=O)c2ccc(C#N)c(Cl)c2)CCS1. The Morgan fingerprint density at radius 1 is 1.45 bits per heavy atom. The van der Waals surface area contributed by atoms with Crippen LogP contribution in [0, 0.1) is 11.3 Å². The number of nitriles is 1. The molecular weight excluding hydrogens is 316 g/mol. The molecule has 7 heteroatoms. The number of hydrogen-bond acceptors (Lipinski definition) is 4. The highest BCUT2D eigenvalue weighted by molar-refractivity contribution is 8.00. The zero-order valence-electron chi connectivity index (χ0n) is 11.3. The molecule has 0 amide bonds. The second kappa shape index (κ2) is 5.57. The zero-order valence-corrected chi connectivity index (χ0v) is 13.6. The summed E-state index contributed by atoms with van der Waals surface area (Å²) < 4.78 is 26.6. The summed E-state index contributed by atoms with van der Waals surface area (Å²) in [6.45, 7) is 5.03. The summed E-state index contributed by atoms with van der Waals surface area (Å²) in [6, 6.07) is 6.16. The first-order valence-corrected chi connectivity index (χ1v) is 8.90. The van der Waals surface area contributed by atoms with Gasteiger partial charge in [0.1, 0.15) is 6.07 Å². The quantitative estimate of drug-likeness (QED) is 0.836. The number of benzene rings is 1. The van der Waals surface area contributed by atoms with Gasteiger partial charge in [0.2, 0.25) is 10.0 Å². The van der Waals surface area contributed by atoms with Crippen molar-refractivity contribution in [1.29, 1.82) is 5.26 Å². The Hall–Kier alpha value is -0.740. The summed E-state index contributed by atoms with van der Waals surface area (Å²) in [4.78, 5) is 0.143. The van der Waals surface area contributed by atoms with Crippen molar-refractivity contribution in [3.8, 4) is 6.07 Å². The van der Waals surface area contributed by atoms with Crippen LogP contribution in [-0.4, -0.2) is 36.3 Å². The Bertz CT molecular complexity index is 665. The lowest BCUT2D eigenvalue weighted by Crippen LogP contribution is -2.46. The first-order valence-electron chi connectivity index (χ1n) is 6.10. The predicted molar refractivity (Wildman–Crippen MR) is 81.5 cm³/mol. The van der Waals surface area contributed by atoms with Crippen LogP contribution in [0.1, 0.15) is 19.4 Å². The third-order valence-electron chi connectivity index (χ3n) is 3.09. The molecule has 2 rings (SSSR count). The van der Waals surface area contributed by atoms with Crippen molar-refractivity contribution in [2.75, 3.05) is 18.8 Å². The summed E-state index contributed by atoms with van der Waals surface area (Å²) in [5.74, 6) is 0.774. The molecule has 0 spiro atoms. The molecule has 0 atom stereocenters. The van der Waals surface area contributed by atoms with Gasteiger partial charge in [-0.1, -0.05) is 11.6 Å². The maximum Gasteiger partial charge on any atom is 0.243 e. The van der Waals surface area contributed by atoms with Gasteiger partial charge in [0, 0.05) is 23.6 Å². The fraction of sp³-hybridized carbons (Fsp3) is 0.462. The van der Waals surface area contributed by atoms with Gasteiger partial charge in [-0.05, 0) is 32.0 Å². The second-order valence-electron chi connectivity index (χ2n) is 5.20. The molecule has 1 aliphatic rings. The third kappa shape index (κ3) is 3.12. The van der Waals surface area contributed by atoms with E-state index >= 15 is 0 Å². The third-order valence-corrected chi connectivity index (χ3v) is 6.54. The molecule has 1 aromatic carbocycles. The van der Waals surface area contributed by atoms with Crippen LogP contribution in [0.2, 0.25) is 5.02 Å². The monoisotopic (exact) mass is 330 g/mol. The van der Waals surface area contributed by atoms with Gasteiger partial charge in [-0.3, -0.25) is 0 Å². The lowest BCUT2D eigenvalue weighted by molar-refractivity contribution is 0.387. The van der Waals surface area contributed by atoms with E-state index in [4.69, 9.17) is 16.9 Å². The molecular formula is C13H15ClN2O2S2. The highest BCUT2D eigenvalue weighted by Crippen LogP contribution is 2.33. The minimum absolute atomic E-state index is 0.0955. The van der Waals surface area contributed by atoms with Crippen molar-refractivity contribution in [2.24, 2.45) is 0 Å². The van der Waals surface area contributed by atoms with Crippen molar-refractivity contribution in [2.45, 2.75) is 23.5 Å². The van der Waals surface area contributed by atoms with Crippen LogP contribution in [0.3, 0.4) is 0 Å². The van der Waals surface area contributed by atoms with Crippen molar-refractivity contribution in [3.63, 3.8) is 0 Å². The minimum Gasteiger partial charge on any atom is -0.207 e. The van der Waals surface area contributed by atoms with Crippen LogP contribution in [-0.2, 0) is 10.0 Å². The van der Waals surface area contributed by atoms with E-state index in [1.54, 1.807) is 11.8 Å². The summed E-state index contributed by atoms with van der Waals surface area (Å²) in [5.41, 5.74) is 0.278. The first kappa shape index (κ1) is 15.6. The molecule has 1 aliphatic heterocycles. The van der Waals surface area contributed by atoms with Gasteiger partial charge in [0.05, 0.1) is 15.5 Å². The van der Waals surface area contributed by atoms with Crippen LogP contribution < -0.4 is 0 Å². The van der Waals surface area contributed by atoms with Gasteiger partial charge in [0.25, 0.3) is 0 Å². The standard InChI is InChI=1S/C13H15ClN2O2S2/c1-13(2)9-16(5-6-19-13)20(17,18)11-4-3-10(8-15)12(14)7-11/h3-4,7H,5-6,9H2,1-2H3. The van der Waals surface area contributed by atoms with E-state index in [-0.39, 0.29) is 20.2 Å². The summed E-state index contributed by atoms with van der Waals surface area (Å²) in [6.07, 6.45) is 0. The van der Waals surface area contributed by atoms with E-state index in [0.717, 1.165) is 5.75 Å². The predicted octanol–water partition coefficient (Wildman–Crippen LogP) is 2.73. The van der Waals surface area contributed by atoms with Gasteiger partial charge in [-0.25, -0.2) is 8.42 Å². The highest BCUT2D eigenvalue weighted by Gasteiger charge is 2.34. The number of rotatable bonds is 2. The Balaban J connectivity index is 2.36. The molecule has 0 N–H and O–H groups in total. The average molecular weight is 331 g/mol. The molecule has 20 heavy (non-hydrogen) atoms. The molecule has 1 aromatic rings. The van der Waals surface area contributed by atoms with E-state index in [9.17, 15) is 8.42 Å². The van der Waals surface area contributed by atoms with Gasteiger partial charge in [0.15, 0.2) is 0 Å².